The number of amides is 3. The maximum atomic E-state index is 14.1. The Morgan fingerprint density at radius 1 is 0.638 bits per heavy atom. The van der Waals surface area contributed by atoms with Gasteiger partial charge in [-0.25, -0.2) is 4.79 Å². The molecule has 12 N–H and O–H groups in total. The fraction of sp³-hybridized carbons (Fsp3) is 0.412. The summed E-state index contributed by atoms with van der Waals surface area (Å²) in [6, 6.07) is 10.9. The van der Waals surface area contributed by atoms with Crippen molar-refractivity contribution in [1.29, 1.82) is 0 Å². The molecule has 0 aliphatic rings. The SMILES string of the molecule is NCCCC[C@H](NC(=O)[C@H](Cc1c[nH]c2ccccc12)NC(=O)[C@H](Cc1c[nH]c2ccccc12)NC(=O)[C@@H](N)CCCCN)C(=O)O. The number of hydrogen-bond donors (Lipinski definition) is 9. The number of nitrogens with two attached hydrogens (primary N) is 3. The molecule has 0 spiro atoms. The standard InChI is InChI=1S/C34H46N8O5/c35-15-7-5-11-25(37)31(43)41-29(17-21-19-38-26-12-3-1-9-23(21)26)33(45)42-30(18-22-20-39-27-13-4-2-10-24(22)27)32(44)40-28(34(46)47)14-6-8-16-36/h1-4,9-10,12-13,19-20,25,28-30,38-39H,5-8,11,14-18,35-37H2,(H,40,44)(H,41,43)(H,42,45)(H,46,47)/t25-,28-,29-,30-/m0/s1. The highest BCUT2D eigenvalue weighted by Gasteiger charge is 2.31. The number of carboxylic acids is 1. The number of rotatable bonds is 19. The highest BCUT2D eigenvalue weighted by Crippen LogP contribution is 2.21. The van der Waals surface area contributed by atoms with Gasteiger partial charge in [0.05, 0.1) is 6.04 Å². The lowest BCUT2D eigenvalue weighted by atomic mass is 10.0. The lowest BCUT2D eigenvalue weighted by molar-refractivity contribution is -0.142. The first-order chi connectivity index (χ1) is 22.7. The molecule has 47 heavy (non-hydrogen) atoms. The van der Waals surface area contributed by atoms with Crippen molar-refractivity contribution in [2.75, 3.05) is 13.1 Å². The number of unbranched alkanes of at least 4 members (excludes halogenated alkanes) is 2. The summed E-state index contributed by atoms with van der Waals surface area (Å²) in [7, 11) is 0. The molecular formula is C34H46N8O5. The molecule has 0 saturated heterocycles. The lowest BCUT2D eigenvalue weighted by Crippen LogP contribution is -2.58. The van der Waals surface area contributed by atoms with Crippen LogP contribution in [0.4, 0.5) is 0 Å². The van der Waals surface area contributed by atoms with Crippen LogP contribution in [0.5, 0.6) is 0 Å². The van der Waals surface area contributed by atoms with Crippen LogP contribution in [-0.2, 0) is 32.0 Å². The third-order valence-electron chi connectivity index (χ3n) is 8.33. The molecular weight excluding hydrogens is 600 g/mol. The quantitative estimate of drug-likeness (QED) is 0.0677. The average molecular weight is 647 g/mol. The second kappa shape index (κ2) is 17.3. The van der Waals surface area contributed by atoms with E-state index in [1.807, 2.05) is 48.5 Å². The van der Waals surface area contributed by atoms with Crippen LogP contribution in [0.15, 0.2) is 60.9 Å². The van der Waals surface area contributed by atoms with Gasteiger partial charge in [0.25, 0.3) is 0 Å². The predicted molar refractivity (Wildman–Crippen MR) is 181 cm³/mol. The van der Waals surface area contributed by atoms with Gasteiger partial charge in [0.1, 0.15) is 18.1 Å². The Labute approximate surface area is 273 Å². The maximum Gasteiger partial charge on any atom is 0.326 e. The number of aromatic amines is 2. The number of nitrogens with one attached hydrogen (secondary N) is 5. The van der Waals surface area contributed by atoms with Crippen molar-refractivity contribution in [3.8, 4) is 0 Å². The van der Waals surface area contributed by atoms with Gasteiger partial charge in [-0.1, -0.05) is 42.8 Å². The van der Waals surface area contributed by atoms with Crippen molar-refractivity contribution < 1.29 is 24.3 Å². The molecule has 4 aromatic rings. The Bertz CT molecular complexity index is 1650. The number of carboxylic acid groups (broad SMARTS) is 1. The Morgan fingerprint density at radius 2 is 1.09 bits per heavy atom. The number of H-pyrrole nitrogens is 2. The van der Waals surface area contributed by atoms with Gasteiger partial charge in [0.2, 0.25) is 17.7 Å². The third-order valence-corrected chi connectivity index (χ3v) is 8.33. The van der Waals surface area contributed by atoms with E-state index in [-0.39, 0.29) is 19.3 Å². The molecule has 0 bridgehead atoms. The molecule has 0 saturated carbocycles. The van der Waals surface area contributed by atoms with Gasteiger partial charge in [-0.05, 0) is 68.5 Å². The van der Waals surface area contributed by atoms with Gasteiger partial charge in [-0.3, -0.25) is 14.4 Å². The van der Waals surface area contributed by atoms with E-state index in [1.165, 1.54) is 0 Å². The fourth-order valence-corrected chi connectivity index (χ4v) is 5.67. The van der Waals surface area contributed by atoms with Crippen LogP contribution in [0.1, 0.15) is 49.7 Å². The monoisotopic (exact) mass is 646 g/mol. The summed E-state index contributed by atoms with van der Waals surface area (Å²) in [4.78, 5) is 59.4. The molecule has 4 atom stereocenters. The molecule has 2 heterocycles. The largest absolute Gasteiger partial charge is 0.480 e. The van der Waals surface area contributed by atoms with Crippen LogP contribution in [0.2, 0.25) is 0 Å². The van der Waals surface area contributed by atoms with E-state index in [9.17, 15) is 24.3 Å². The minimum absolute atomic E-state index is 0.0725. The summed E-state index contributed by atoms with van der Waals surface area (Å²) in [5, 5.41) is 19.8. The fourth-order valence-electron chi connectivity index (χ4n) is 5.67. The molecule has 2 aromatic carbocycles. The maximum absolute atomic E-state index is 14.1. The third kappa shape index (κ3) is 9.64. The molecule has 0 radical (unpaired) electrons. The minimum atomic E-state index is -1.18. The molecule has 0 aliphatic heterocycles. The van der Waals surface area contributed by atoms with Crippen LogP contribution in [0.3, 0.4) is 0 Å². The first-order valence-electron chi connectivity index (χ1n) is 16.1. The van der Waals surface area contributed by atoms with Gasteiger partial charge in [0, 0.05) is 47.0 Å². The number of aromatic nitrogens is 2. The topological polar surface area (TPSA) is 234 Å². The Kier molecular flexibility index (Phi) is 12.9. The molecule has 4 rings (SSSR count). The van der Waals surface area contributed by atoms with Gasteiger partial charge in [-0.2, -0.15) is 0 Å². The number of benzene rings is 2. The normalized spacial score (nSPS) is 13.9. The van der Waals surface area contributed by atoms with E-state index in [0.29, 0.717) is 45.2 Å². The van der Waals surface area contributed by atoms with Crippen LogP contribution in [0, 0.1) is 0 Å². The summed E-state index contributed by atoms with van der Waals surface area (Å²) < 4.78 is 0. The zero-order chi connectivity index (χ0) is 33.8. The number of hydrogen-bond acceptors (Lipinski definition) is 7. The molecule has 0 aliphatic carbocycles. The second-order valence-electron chi connectivity index (χ2n) is 11.8. The average Bonchev–Trinajstić information content (AvgIpc) is 3.67. The summed E-state index contributed by atoms with van der Waals surface area (Å²) in [6.45, 7) is 0.884. The molecule has 13 nitrogen and oxygen atoms in total. The second-order valence-corrected chi connectivity index (χ2v) is 11.8. The zero-order valence-corrected chi connectivity index (χ0v) is 26.5. The smallest absolute Gasteiger partial charge is 0.326 e. The van der Waals surface area contributed by atoms with E-state index in [0.717, 1.165) is 32.9 Å². The molecule has 0 fully saturated rings. The van der Waals surface area contributed by atoms with Gasteiger partial charge in [-0.15, -0.1) is 0 Å². The lowest BCUT2D eigenvalue weighted by Gasteiger charge is -2.25. The molecule has 0 unspecified atom stereocenters. The summed E-state index contributed by atoms with van der Waals surface area (Å²) in [5.41, 5.74) is 20.6. The van der Waals surface area contributed by atoms with Gasteiger partial charge >= 0.3 is 5.97 Å². The Balaban J connectivity index is 1.61. The highest BCUT2D eigenvalue weighted by atomic mass is 16.4. The summed E-state index contributed by atoms with van der Waals surface area (Å²) in [5.74, 6) is -2.93. The van der Waals surface area contributed by atoms with Crippen molar-refractivity contribution >= 4 is 45.5 Å². The number of carbonyl (C=O) groups is 4. The molecule has 252 valence electrons. The minimum Gasteiger partial charge on any atom is -0.480 e. The van der Waals surface area contributed by atoms with Crippen molar-refractivity contribution in [1.82, 2.24) is 25.9 Å². The zero-order valence-electron chi connectivity index (χ0n) is 26.5. The molecule has 3 amide bonds. The summed E-state index contributed by atoms with van der Waals surface area (Å²) in [6.07, 6.45) is 6.83. The van der Waals surface area contributed by atoms with Crippen LogP contribution < -0.4 is 33.2 Å². The van der Waals surface area contributed by atoms with Gasteiger partial charge < -0.3 is 48.2 Å². The van der Waals surface area contributed by atoms with Crippen molar-refractivity contribution in [3.63, 3.8) is 0 Å². The first kappa shape index (κ1) is 35.1. The highest BCUT2D eigenvalue weighted by molar-refractivity contribution is 5.95. The van der Waals surface area contributed by atoms with Crippen molar-refractivity contribution in [2.24, 2.45) is 17.2 Å². The van der Waals surface area contributed by atoms with E-state index < -0.39 is 47.9 Å². The number of para-hydroxylation sites is 2. The molecule has 13 heteroatoms. The van der Waals surface area contributed by atoms with Crippen molar-refractivity contribution in [2.45, 2.75) is 75.5 Å². The van der Waals surface area contributed by atoms with E-state index in [1.54, 1.807) is 12.4 Å². The Morgan fingerprint density at radius 3 is 1.57 bits per heavy atom. The van der Waals surface area contributed by atoms with E-state index >= 15 is 0 Å². The van der Waals surface area contributed by atoms with Crippen LogP contribution in [0.25, 0.3) is 21.8 Å². The molecule has 2 aromatic heterocycles. The predicted octanol–water partition coefficient (Wildman–Crippen LogP) is 1.56. The Hall–Kier alpha value is -4.72. The summed E-state index contributed by atoms with van der Waals surface area (Å²) >= 11 is 0. The first-order valence-corrected chi connectivity index (χ1v) is 16.1. The number of carbonyl (C=O) groups excluding carboxylic acids is 3. The van der Waals surface area contributed by atoms with E-state index in [4.69, 9.17) is 17.2 Å². The van der Waals surface area contributed by atoms with Crippen LogP contribution >= 0.6 is 0 Å². The number of fused-ring (bicyclic) bond motifs is 2. The van der Waals surface area contributed by atoms with Crippen LogP contribution in [-0.4, -0.2) is 76.0 Å². The number of aliphatic carboxylic acids is 1. The van der Waals surface area contributed by atoms with E-state index in [2.05, 4.69) is 25.9 Å². The van der Waals surface area contributed by atoms with Gasteiger partial charge in [0.15, 0.2) is 0 Å². The van der Waals surface area contributed by atoms with Crippen molar-refractivity contribution in [3.05, 3.63) is 72.1 Å².